The van der Waals surface area contributed by atoms with Gasteiger partial charge in [0.2, 0.25) is 5.91 Å². The first kappa shape index (κ1) is 20.0. The number of hydrogen-bond donors (Lipinski definition) is 0. The molecule has 0 N–H and O–H groups in total. The van der Waals surface area contributed by atoms with E-state index in [-0.39, 0.29) is 16.7 Å². The molecule has 0 bridgehead atoms. The van der Waals surface area contributed by atoms with Gasteiger partial charge in [0.15, 0.2) is 5.78 Å². The molecule has 0 aromatic rings. The van der Waals surface area contributed by atoms with Crippen molar-refractivity contribution >= 4 is 11.7 Å². The van der Waals surface area contributed by atoms with Crippen molar-refractivity contribution in [2.45, 2.75) is 66.2 Å². The van der Waals surface area contributed by atoms with Gasteiger partial charge in [0.25, 0.3) is 0 Å². The number of likely N-dealkylation sites (tertiary alicyclic amines) is 1. The largest absolute Gasteiger partial charge is 0.377 e. The number of carbonyl (C=O) groups excluding carboxylic acids is 2. The summed E-state index contributed by atoms with van der Waals surface area (Å²) in [6.45, 7) is 11.7. The van der Waals surface area contributed by atoms with Gasteiger partial charge in [-0.05, 0) is 69.1 Å². The Labute approximate surface area is 170 Å². The van der Waals surface area contributed by atoms with Gasteiger partial charge in [-0.25, -0.2) is 0 Å². The van der Waals surface area contributed by atoms with E-state index in [1.54, 1.807) is 0 Å². The second-order valence-corrected chi connectivity index (χ2v) is 10.4. The molecule has 3 fully saturated rings. The summed E-state index contributed by atoms with van der Waals surface area (Å²) in [6, 6.07) is 0. The van der Waals surface area contributed by atoms with Gasteiger partial charge in [-0.1, -0.05) is 13.8 Å². The minimum absolute atomic E-state index is 0.133. The maximum Gasteiger partial charge on any atom is 0.226 e. The van der Waals surface area contributed by atoms with Gasteiger partial charge in [0, 0.05) is 56.2 Å². The highest BCUT2D eigenvalue weighted by atomic mass is 16.2. The fourth-order valence-corrected chi connectivity index (χ4v) is 7.73. The second kappa shape index (κ2) is 6.88. The Bertz CT molecular complexity index is 697. The summed E-state index contributed by atoms with van der Waals surface area (Å²) >= 11 is 0. The van der Waals surface area contributed by atoms with Crippen LogP contribution in [0, 0.1) is 34.5 Å². The van der Waals surface area contributed by atoms with Crippen LogP contribution in [0.15, 0.2) is 11.8 Å². The third-order valence-corrected chi connectivity index (χ3v) is 9.30. The average molecular weight is 387 g/mol. The summed E-state index contributed by atoms with van der Waals surface area (Å²) in [4.78, 5) is 29.8. The normalized spacial score (nSPS) is 42.4. The maximum absolute atomic E-state index is 13.3. The van der Waals surface area contributed by atoms with Crippen molar-refractivity contribution in [1.82, 2.24) is 9.80 Å². The molecule has 0 aromatic heterocycles. The van der Waals surface area contributed by atoms with Gasteiger partial charge in [0.05, 0.1) is 0 Å². The monoisotopic (exact) mass is 386 g/mol. The quantitative estimate of drug-likeness (QED) is 0.733. The van der Waals surface area contributed by atoms with Crippen LogP contribution in [0.2, 0.25) is 0 Å². The lowest BCUT2D eigenvalue weighted by Gasteiger charge is -2.60. The SMILES string of the molecule is CCN(CC)C(=O)[C@H]1CC[C@H]2[C@@H]3CN(C)C4=CC(=O)CC[C@]4(C)[C@H]3CC[C@]12C. The van der Waals surface area contributed by atoms with Crippen LogP contribution in [0.4, 0.5) is 0 Å². The van der Waals surface area contributed by atoms with Crippen LogP contribution < -0.4 is 0 Å². The highest BCUT2D eigenvalue weighted by molar-refractivity contribution is 5.91. The molecule has 1 aliphatic heterocycles. The fraction of sp³-hybridized carbons (Fsp3) is 0.833. The highest BCUT2D eigenvalue weighted by Crippen LogP contribution is 2.65. The maximum atomic E-state index is 13.3. The first-order chi connectivity index (χ1) is 13.3. The van der Waals surface area contributed by atoms with Crippen LogP contribution in [0.3, 0.4) is 0 Å². The molecule has 2 saturated carbocycles. The Balaban J connectivity index is 1.64. The van der Waals surface area contributed by atoms with Gasteiger partial charge in [-0.3, -0.25) is 9.59 Å². The predicted molar refractivity (Wildman–Crippen MR) is 112 cm³/mol. The standard InChI is InChI=1S/C24H38N2O2/c1-6-26(7-2)22(28)20-9-8-18-17-15-25(5)21-14-16(27)10-12-24(21,4)19(17)11-13-23(18,20)3/h14,17-20H,6-13,15H2,1-5H3/t17-,18-,19-,20+,23-,24+/m0/s1. The first-order valence-electron chi connectivity index (χ1n) is 11.5. The topological polar surface area (TPSA) is 40.6 Å². The lowest BCUT2D eigenvalue weighted by atomic mass is 9.49. The van der Waals surface area contributed by atoms with Gasteiger partial charge in [-0.15, -0.1) is 0 Å². The zero-order valence-electron chi connectivity index (χ0n) is 18.5. The summed E-state index contributed by atoms with van der Waals surface area (Å²) in [5.74, 6) is 2.82. The summed E-state index contributed by atoms with van der Waals surface area (Å²) in [7, 11) is 2.18. The molecular formula is C24H38N2O2. The number of fused-ring (bicyclic) bond motifs is 5. The van der Waals surface area contributed by atoms with Crippen molar-refractivity contribution in [1.29, 1.82) is 0 Å². The molecule has 0 radical (unpaired) electrons. The molecule has 0 aromatic carbocycles. The lowest BCUT2D eigenvalue weighted by Crippen LogP contribution is -2.57. The molecule has 3 aliphatic carbocycles. The summed E-state index contributed by atoms with van der Waals surface area (Å²) < 4.78 is 0. The lowest BCUT2D eigenvalue weighted by molar-refractivity contribution is -0.143. The zero-order valence-corrected chi connectivity index (χ0v) is 18.5. The van der Waals surface area contributed by atoms with Crippen molar-refractivity contribution in [3.05, 3.63) is 11.8 Å². The summed E-state index contributed by atoms with van der Waals surface area (Å²) in [5, 5.41) is 0. The van der Waals surface area contributed by atoms with Crippen LogP contribution in [0.1, 0.15) is 66.2 Å². The van der Waals surface area contributed by atoms with Crippen LogP contribution in [-0.4, -0.2) is 48.2 Å². The number of nitrogens with zero attached hydrogens (tertiary/aromatic N) is 2. The molecule has 1 amide bonds. The van der Waals surface area contributed by atoms with E-state index < -0.39 is 0 Å². The summed E-state index contributed by atoms with van der Waals surface area (Å²) in [5.41, 5.74) is 1.56. The molecule has 0 spiro atoms. The van der Waals surface area contributed by atoms with Gasteiger partial charge in [0.1, 0.15) is 0 Å². The molecule has 0 unspecified atom stereocenters. The van der Waals surface area contributed by atoms with Crippen LogP contribution in [0.5, 0.6) is 0 Å². The summed E-state index contributed by atoms with van der Waals surface area (Å²) in [6.07, 6.45) is 8.25. The first-order valence-corrected chi connectivity index (χ1v) is 11.5. The Morgan fingerprint density at radius 2 is 1.86 bits per heavy atom. The minimum atomic E-state index is 0.133. The number of rotatable bonds is 3. The fourth-order valence-electron chi connectivity index (χ4n) is 7.73. The Hall–Kier alpha value is -1.32. The number of allylic oxidation sites excluding steroid dienone is 2. The highest BCUT2D eigenvalue weighted by Gasteiger charge is 2.61. The van der Waals surface area contributed by atoms with Crippen molar-refractivity contribution < 1.29 is 9.59 Å². The molecule has 4 nitrogen and oxygen atoms in total. The number of amides is 1. The average Bonchev–Trinajstić information content (AvgIpc) is 3.01. The van der Waals surface area contributed by atoms with E-state index in [9.17, 15) is 9.59 Å². The molecule has 4 heteroatoms. The van der Waals surface area contributed by atoms with E-state index in [1.807, 2.05) is 11.0 Å². The molecule has 1 heterocycles. The van der Waals surface area contributed by atoms with Crippen molar-refractivity contribution in [2.24, 2.45) is 34.5 Å². The van der Waals surface area contributed by atoms with Gasteiger partial charge >= 0.3 is 0 Å². The number of ketones is 1. The van der Waals surface area contributed by atoms with Crippen molar-refractivity contribution in [3.8, 4) is 0 Å². The predicted octanol–water partition coefficient (Wildman–Crippen LogP) is 4.11. The van der Waals surface area contributed by atoms with Gasteiger partial charge in [-0.2, -0.15) is 0 Å². The molecular weight excluding hydrogens is 348 g/mol. The Morgan fingerprint density at radius 1 is 1.14 bits per heavy atom. The molecule has 6 atom stereocenters. The Morgan fingerprint density at radius 3 is 2.54 bits per heavy atom. The number of carbonyl (C=O) groups is 2. The van der Waals surface area contributed by atoms with Crippen molar-refractivity contribution in [2.75, 3.05) is 26.7 Å². The van der Waals surface area contributed by atoms with Crippen LogP contribution in [0.25, 0.3) is 0 Å². The molecule has 4 rings (SSSR count). The van der Waals surface area contributed by atoms with E-state index in [2.05, 4.69) is 39.6 Å². The molecule has 156 valence electrons. The molecule has 28 heavy (non-hydrogen) atoms. The Kier molecular flexibility index (Phi) is 4.91. The van der Waals surface area contributed by atoms with Gasteiger partial charge < -0.3 is 9.80 Å². The van der Waals surface area contributed by atoms with E-state index in [1.165, 1.54) is 18.5 Å². The number of hydrogen-bond acceptors (Lipinski definition) is 3. The zero-order chi connectivity index (χ0) is 20.3. The minimum Gasteiger partial charge on any atom is -0.377 e. The third-order valence-electron chi connectivity index (χ3n) is 9.30. The van der Waals surface area contributed by atoms with E-state index in [4.69, 9.17) is 0 Å². The van der Waals surface area contributed by atoms with E-state index in [0.29, 0.717) is 35.9 Å². The third kappa shape index (κ3) is 2.69. The smallest absolute Gasteiger partial charge is 0.226 e. The van der Waals surface area contributed by atoms with E-state index >= 15 is 0 Å². The molecule has 1 saturated heterocycles. The van der Waals surface area contributed by atoms with Crippen LogP contribution >= 0.6 is 0 Å². The van der Waals surface area contributed by atoms with Crippen molar-refractivity contribution in [3.63, 3.8) is 0 Å². The second-order valence-electron chi connectivity index (χ2n) is 10.4. The van der Waals surface area contributed by atoms with Crippen LogP contribution in [-0.2, 0) is 9.59 Å². The van der Waals surface area contributed by atoms with E-state index in [0.717, 1.165) is 38.9 Å². The number of piperidine rings is 1. The molecule has 4 aliphatic rings.